The van der Waals surface area contributed by atoms with Crippen molar-refractivity contribution >= 4 is 35.3 Å². The van der Waals surface area contributed by atoms with Crippen LogP contribution < -0.4 is 10.6 Å². The van der Waals surface area contributed by atoms with Crippen LogP contribution in [0.4, 0.5) is 9.59 Å². The van der Waals surface area contributed by atoms with Gasteiger partial charge in [-0.1, -0.05) is 39.8 Å². The van der Waals surface area contributed by atoms with Crippen molar-refractivity contribution in [3.63, 3.8) is 0 Å². The van der Waals surface area contributed by atoms with Crippen molar-refractivity contribution in [3.8, 4) is 32.3 Å². The molecule has 4 atom stereocenters. The van der Waals surface area contributed by atoms with Gasteiger partial charge in [-0.15, -0.1) is 11.3 Å². The first-order chi connectivity index (χ1) is 27.0. The van der Waals surface area contributed by atoms with E-state index in [2.05, 4.69) is 44.9 Å². The predicted octanol–water partition coefficient (Wildman–Crippen LogP) is 6.77. The molecule has 1 aromatic carbocycles. The molecule has 4 amide bonds. The van der Waals surface area contributed by atoms with Gasteiger partial charge in [0, 0.05) is 18.0 Å². The van der Waals surface area contributed by atoms with Gasteiger partial charge in [-0.05, 0) is 91.2 Å². The van der Waals surface area contributed by atoms with Crippen LogP contribution in [-0.4, -0.2) is 93.1 Å². The monoisotopic (exact) mass is 784 g/mol. The van der Waals surface area contributed by atoms with E-state index in [-0.39, 0.29) is 35.7 Å². The number of fused-ring (bicyclic) bond motifs is 3. The average Bonchev–Trinajstić information content (AvgIpc) is 4.04. The van der Waals surface area contributed by atoms with Crippen molar-refractivity contribution in [1.29, 1.82) is 0 Å². The minimum atomic E-state index is -0.686. The Bertz CT molecular complexity index is 2090. The van der Waals surface area contributed by atoms with Gasteiger partial charge >= 0.3 is 12.2 Å². The Morgan fingerprint density at radius 3 is 1.84 bits per heavy atom. The van der Waals surface area contributed by atoms with Crippen molar-refractivity contribution in [2.45, 2.75) is 96.8 Å². The van der Waals surface area contributed by atoms with Gasteiger partial charge in [0.1, 0.15) is 23.7 Å². The van der Waals surface area contributed by atoms with Crippen molar-refractivity contribution in [2.75, 3.05) is 27.3 Å². The molecule has 0 radical (unpaired) electrons. The van der Waals surface area contributed by atoms with Gasteiger partial charge in [-0.25, -0.2) is 19.6 Å². The maximum absolute atomic E-state index is 13.7. The normalized spacial score (nSPS) is 19.0. The number of hydrogen-bond donors (Lipinski definition) is 4. The Morgan fingerprint density at radius 2 is 1.29 bits per heavy atom. The lowest BCUT2D eigenvalue weighted by molar-refractivity contribution is -0.136. The number of aryl methyl sites for hydroxylation is 2. The third kappa shape index (κ3) is 7.78. The SMILES string of the molecule is COC(=O)NC(C(=O)N1CCCC1c1ncc(-c2ccc3c(c2)CCCc2cc(-c4cnc(C5CCCN5C(=O)C(NC(=O)OC)C(C)C)[nH]4)sc2-3)[nH]1)C(C)C. The van der Waals surface area contributed by atoms with Crippen molar-refractivity contribution < 1.29 is 28.7 Å². The molecule has 0 bridgehead atoms. The molecule has 7 rings (SSSR count). The van der Waals surface area contributed by atoms with Gasteiger partial charge in [-0.2, -0.15) is 0 Å². The molecular formula is C41H52N8O6S. The molecule has 4 aromatic rings. The van der Waals surface area contributed by atoms with E-state index in [0.717, 1.165) is 78.4 Å². The van der Waals surface area contributed by atoms with E-state index in [1.807, 2.05) is 49.9 Å². The molecule has 0 spiro atoms. The number of ether oxygens (including phenoxy) is 2. The second kappa shape index (κ2) is 16.5. The first kappa shape index (κ1) is 39.1. The number of thiophene rings is 1. The molecule has 15 heteroatoms. The molecule has 2 aliphatic heterocycles. The number of hydrogen-bond acceptors (Lipinski definition) is 9. The van der Waals surface area contributed by atoms with Crippen LogP contribution in [0, 0.1) is 11.8 Å². The fourth-order valence-corrected chi connectivity index (χ4v) is 9.54. The van der Waals surface area contributed by atoms with E-state index in [1.54, 1.807) is 11.3 Å². The number of rotatable bonds is 10. The topological polar surface area (TPSA) is 175 Å². The summed E-state index contributed by atoms with van der Waals surface area (Å²) in [6, 6.07) is 7.10. The molecule has 2 fully saturated rings. The quantitative estimate of drug-likeness (QED) is 0.136. The van der Waals surface area contributed by atoms with Gasteiger partial charge in [0.25, 0.3) is 0 Å². The number of H-pyrrole nitrogens is 2. The van der Waals surface area contributed by atoms with Crippen LogP contribution in [0.5, 0.6) is 0 Å². The highest BCUT2D eigenvalue weighted by Crippen LogP contribution is 2.44. The number of alkyl carbamates (subject to hydrolysis) is 2. The first-order valence-corrected chi connectivity index (χ1v) is 20.5. The second-order valence-corrected chi connectivity index (χ2v) is 16.7. The van der Waals surface area contributed by atoms with Crippen LogP contribution in [0.25, 0.3) is 32.3 Å². The summed E-state index contributed by atoms with van der Waals surface area (Å²) < 4.78 is 9.56. The minimum absolute atomic E-state index is 0.102. The summed E-state index contributed by atoms with van der Waals surface area (Å²) >= 11 is 1.76. The number of methoxy groups -OCH3 is 2. The van der Waals surface area contributed by atoms with E-state index in [9.17, 15) is 19.2 Å². The van der Waals surface area contributed by atoms with Crippen LogP contribution in [0.3, 0.4) is 0 Å². The molecule has 3 aromatic heterocycles. The Hall–Kier alpha value is -5.18. The minimum Gasteiger partial charge on any atom is -0.453 e. The molecule has 4 unspecified atom stereocenters. The molecule has 3 aliphatic rings. The molecule has 14 nitrogen and oxygen atoms in total. The highest BCUT2D eigenvalue weighted by atomic mass is 32.1. The van der Waals surface area contributed by atoms with Gasteiger partial charge in [0.05, 0.1) is 55.0 Å². The number of benzene rings is 1. The maximum Gasteiger partial charge on any atom is 0.407 e. The average molecular weight is 785 g/mol. The Balaban J connectivity index is 1.08. The second-order valence-electron chi connectivity index (χ2n) is 15.6. The summed E-state index contributed by atoms with van der Waals surface area (Å²) in [5.41, 5.74) is 6.69. The van der Waals surface area contributed by atoms with E-state index in [0.29, 0.717) is 13.1 Å². The number of nitrogens with zero attached hydrogens (tertiary/aromatic N) is 4. The van der Waals surface area contributed by atoms with E-state index in [1.165, 1.54) is 35.8 Å². The Labute approximate surface area is 331 Å². The summed E-state index contributed by atoms with van der Waals surface area (Å²) in [6.45, 7) is 8.85. The number of nitrogens with one attached hydrogen (secondary N) is 4. The molecule has 5 heterocycles. The van der Waals surface area contributed by atoms with Crippen LogP contribution in [0.2, 0.25) is 0 Å². The Kier molecular flexibility index (Phi) is 11.5. The molecule has 1 aliphatic carbocycles. The highest BCUT2D eigenvalue weighted by molar-refractivity contribution is 7.19. The molecule has 56 heavy (non-hydrogen) atoms. The number of amides is 4. The predicted molar refractivity (Wildman–Crippen MR) is 213 cm³/mol. The zero-order valence-electron chi connectivity index (χ0n) is 32.9. The summed E-state index contributed by atoms with van der Waals surface area (Å²) in [5, 5.41) is 5.43. The smallest absolute Gasteiger partial charge is 0.407 e. The van der Waals surface area contributed by atoms with Crippen LogP contribution in [0.1, 0.15) is 94.7 Å². The van der Waals surface area contributed by atoms with Crippen molar-refractivity contribution in [3.05, 3.63) is 59.4 Å². The van der Waals surface area contributed by atoms with E-state index < -0.39 is 24.3 Å². The van der Waals surface area contributed by atoms with Gasteiger partial charge in [0.2, 0.25) is 11.8 Å². The zero-order chi connectivity index (χ0) is 39.7. The van der Waals surface area contributed by atoms with E-state index in [4.69, 9.17) is 19.4 Å². The number of aromatic amines is 2. The molecule has 4 N–H and O–H groups in total. The summed E-state index contributed by atoms with van der Waals surface area (Å²) in [7, 11) is 2.59. The summed E-state index contributed by atoms with van der Waals surface area (Å²) in [4.78, 5) is 73.9. The van der Waals surface area contributed by atoms with Gasteiger partial charge in [-0.3, -0.25) is 9.59 Å². The lowest BCUT2D eigenvalue weighted by atomic mass is 9.99. The van der Waals surface area contributed by atoms with E-state index >= 15 is 0 Å². The third-order valence-corrected chi connectivity index (χ3v) is 12.5. The highest BCUT2D eigenvalue weighted by Gasteiger charge is 2.39. The number of carbonyl (C=O) groups excluding carboxylic acids is 4. The van der Waals surface area contributed by atoms with Crippen LogP contribution in [0.15, 0.2) is 36.7 Å². The lowest BCUT2D eigenvalue weighted by Gasteiger charge is -2.30. The number of carbonyl (C=O) groups is 4. The van der Waals surface area contributed by atoms with Crippen LogP contribution >= 0.6 is 11.3 Å². The standard InChI is InChI=1S/C41H52N8O6S/c1-22(2)33(46-40(52)54-5)38(50)48-16-8-12-30(48)36-42-20-28(44-36)25-14-15-27-24(18-25)10-7-11-26-19-32(56-35(26)27)29-21-43-37(45-29)31-13-9-17-49(31)39(51)34(23(3)4)47-41(53)55-6/h14-15,18-23,30-31,33-34H,7-13,16-17H2,1-6H3,(H,42,44)(H,43,45)(H,46,52)(H,47,53). The molecule has 298 valence electrons. The van der Waals surface area contributed by atoms with Crippen LogP contribution in [-0.2, 0) is 31.9 Å². The summed E-state index contributed by atoms with van der Waals surface area (Å²) in [5.74, 6) is 1.03. The first-order valence-electron chi connectivity index (χ1n) is 19.6. The number of likely N-dealkylation sites (tertiary alicyclic amines) is 2. The Morgan fingerprint density at radius 1 is 0.750 bits per heavy atom. The third-order valence-electron chi connectivity index (χ3n) is 11.3. The molecule has 0 saturated carbocycles. The van der Waals surface area contributed by atoms with Crippen molar-refractivity contribution in [1.82, 2.24) is 40.4 Å². The zero-order valence-corrected chi connectivity index (χ0v) is 33.8. The van der Waals surface area contributed by atoms with Gasteiger partial charge < -0.3 is 39.9 Å². The molecular weight excluding hydrogens is 733 g/mol. The van der Waals surface area contributed by atoms with Gasteiger partial charge in [0.15, 0.2) is 0 Å². The van der Waals surface area contributed by atoms with Crippen molar-refractivity contribution in [2.24, 2.45) is 11.8 Å². The lowest BCUT2D eigenvalue weighted by Crippen LogP contribution is -2.51. The largest absolute Gasteiger partial charge is 0.453 e. The molecule has 2 saturated heterocycles. The number of imidazole rings is 2. The summed E-state index contributed by atoms with van der Waals surface area (Å²) in [6.07, 6.45) is 8.72. The fourth-order valence-electron chi connectivity index (χ4n) is 8.30. The maximum atomic E-state index is 13.7. The fraction of sp³-hybridized carbons (Fsp3) is 0.512. The number of aromatic nitrogens is 4.